The van der Waals surface area contributed by atoms with Gasteiger partial charge in [0.15, 0.2) is 0 Å². The maximum Gasteiger partial charge on any atom is 0.307 e. The number of hydrogen-bond acceptors (Lipinski definition) is 2. The molecule has 0 aliphatic heterocycles. The SMILES string of the molecule is CC(=O)O/C=C(\C)Cc1ccc(C(C)C)cc1. The zero-order valence-electron chi connectivity index (χ0n) is 11.0. The van der Waals surface area contributed by atoms with Crippen molar-refractivity contribution in [2.75, 3.05) is 0 Å². The molecule has 0 unspecified atom stereocenters. The fourth-order valence-corrected chi connectivity index (χ4v) is 1.57. The number of ether oxygens (including phenoxy) is 1. The maximum absolute atomic E-state index is 10.7. The summed E-state index contributed by atoms with van der Waals surface area (Å²) >= 11 is 0. The van der Waals surface area contributed by atoms with E-state index in [1.807, 2.05) is 6.92 Å². The van der Waals surface area contributed by atoms with E-state index in [0.29, 0.717) is 5.92 Å². The Kier molecular flexibility index (Phi) is 4.95. The third kappa shape index (κ3) is 4.85. The van der Waals surface area contributed by atoms with Gasteiger partial charge >= 0.3 is 5.97 Å². The molecule has 0 saturated heterocycles. The van der Waals surface area contributed by atoms with Crippen molar-refractivity contribution in [2.45, 2.75) is 40.0 Å². The van der Waals surface area contributed by atoms with Crippen LogP contribution in [0.2, 0.25) is 0 Å². The van der Waals surface area contributed by atoms with Crippen molar-refractivity contribution < 1.29 is 9.53 Å². The molecule has 0 aliphatic carbocycles. The fraction of sp³-hybridized carbons (Fsp3) is 0.400. The monoisotopic (exact) mass is 232 g/mol. The molecule has 0 amide bonds. The summed E-state index contributed by atoms with van der Waals surface area (Å²) in [5.74, 6) is 0.279. The van der Waals surface area contributed by atoms with Crippen LogP contribution in [0.15, 0.2) is 36.1 Å². The summed E-state index contributed by atoms with van der Waals surface area (Å²) in [6.07, 6.45) is 2.34. The molecule has 0 bridgehead atoms. The van der Waals surface area contributed by atoms with E-state index < -0.39 is 0 Å². The number of esters is 1. The highest BCUT2D eigenvalue weighted by Crippen LogP contribution is 2.16. The summed E-state index contributed by atoms with van der Waals surface area (Å²) in [4.78, 5) is 10.7. The summed E-state index contributed by atoms with van der Waals surface area (Å²) in [7, 11) is 0. The molecule has 0 spiro atoms. The molecule has 0 saturated carbocycles. The predicted molar refractivity (Wildman–Crippen MR) is 69.8 cm³/mol. The minimum absolute atomic E-state index is 0.278. The van der Waals surface area contributed by atoms with Crippen LogP contribution < -0.4 is 0 Å². The van der Waals surface area contributed by atoms with Gasteiger partial charge in [-0.25, -0.2) is 0 Å². The van der Waals surface area contributed by atoms with Gasteiger partial charge < -0.3 is 4.74 Å². The van der Waals surface area contributed by atoms with Crippen molar-refractivity contribution in [3.05, 3.63) is 47.2 Å². The van der Waals surface area contributed by atoms with E-state index in [-0.39, 0.29) is 5.97 Å². The normalized spacial score (nSPS) is 11.7. The van der Waals surface area contributed by atoms with Crippen LogP contribution in [0.4, 0.5) is 0 Å². The van der Waals surface area contributed by atoms with Crippen molar-refractivity contribution in [1.82, 2.24) is 0 Å². The Morgan fingerprint density at radius 3 is 2.29 bits per heavy atom. The van der Waals surface area contributed by atoms with Crippen LogP contribution in [0, 0.1) is 0 Å². The maximum atomic E-state index is 10.7. The van der Waals surface area contributed by atoms with E-state index in [9.17, 15) is 4.79 Å². The molecule has 2 heteroatoms. The van der Waals surface area contributed by atoms with Gasteiger partial charge in [-0.15, -0.1) is 0 Å². The van der Waals surface area contributed by atoms with Crippen LogP contribution in [0.1, 0.15) is 44.7 Å². The Hall–Kier alpha value is -1.57. The average molecular weight is 232 g/mol. The first kappa shape index (κ1) is 13.5. The third-order valence-corrected chi connectivity index (χ3v) is 2.56. The Labute approximate surface area is 103 Å². The highest BCUT2D eigenvalue weighted by molar-refractivity contribution is 5.66. The van der Waals surface area contributed by atoms with Gasteiger partial charge in [0.25, 0.3) is 0 Å². The lowest BCUT2D eigenvalue weighted by molar-refractivity contribution is -0.135. The van der Waals surface area contributed by atoms with Crippen molar-refractivity contribution in [3.63, 3.8) is 0 Å². The van der Waals surface area contributed by atoms with Crippen molar-refractivity contribution in [1.29, 1.82) is 0 Å². The molecule has 0 heterocycles. The first-order valence-corrected chi connectivity index (χ1v) is 5.90. The summed E-state index contributed by atoms with van der Waals surface area (Å²) < 4.78 is 4.84. The lowest BCUT2D eigenvalue weighted by Gasteiger charge is -2.07. The van der Waals surface area contributed by atoms with E-state index in [0.717, 1.165) is 12.0 Å². The molecule has 1 aromatic carbocycles. The zero-order chi connectivity index (χ0) is 12.8. The zero-order valence-corrected chi connectivity index (χ0v) is 11.0. The number of carbonyl (C=O) groups is 1. The fourth-order valence-electron chi connectivity index (χ4n) is 1.57. The van der Waals surface area contributed by atoms with E-state index in [4.69, 9.17) is 4.74 Å². The first-order valence-electron chi connectivity index (χ1n) is 5.90. The van der Waals surface area contributed by atoms with Crippen LogP contribution >= 0.6 is 0 Å². The molecule has 0 fully saturated rings. The molecule has 1 rings (SSSR count). The molecule has 0 aliphatic rings. The molecule has 92 valence electrons. The molecule has 0 atom stereocenters. The van der Waals surface area contributed by atoms with E-state index in [1.54, 1.807) is 0 Å². The van der Waals surface area contributed by atoms with E-state index in [1.165, 1.54) is 24.3 Å². The van der Waals surface area contributed by atoms with Gasteiger partial charge in [0.2, 0.25) is 0 Å². The summed E-state index contributed by atoms with van der Waals surface area (Å²) in [5, 5.41) is 0. The Morgan fingerprint density at radius 1 is 1.24 bits per heavy atom. The standard InChI is InChI=1S/C15H20O2/c1-11(2)15-7-5-14(6-8-15)9-12(3)10-17-13(4)16/h5-8,10-11H,9H2,1-4H3/b12-10+. The Balaban J connectivity index is 2.63. The number of rotatable bonds is 4. The second kappa shape index (κ2) is 6.24. The van der Waals surface area contributed by atoms with Crippen LogP contribution in [0.25, 0.3) is 0 Å². The highest BCUT2D eigenvalue weighted by atomic mass is 16.5. The van der Waals surface area contributed by atoms with Gasteiger partial charge in [-0.2, -0.15) is 0 Å². The molecular weight excluding hydrogens is 212 g/mol. The van der Waals surface area contributed by atoms with Crippen molar-refractivity contribution >= 4 is 5.97 Å². The van der Waals surface area contributed by atoms with E-state index in [2.05, 4.69) is 38.1 Å². The largest absolute Gasteiger partial charge is 0.435 e. The smallest absolute Gasteiger partial charge is 0.307 e. The van der Waals surface area contributed by atoms with Gasteiger partial charge in [-0.3, -0.25) is 4.79 Å². The molecule has 1 aromatic rings. The lowest BCUT2D eigenvalue weighted by atomic mass is 9.99. The summed E-state index contributed by atoms with van der Waals surface area (Å²) in [5.41, 5.74) is 3.61. The Bertz CT molecular complexity index is 399. The highest BCUT2D eigenvalue weighted by Gasteiger charge is 2.00. The first-order chi connectivity index (χ1) is 7.99. The number of carbonyl (C=O) groups excluding carboxylic acids is 1. The van der Waals surface area contributed by atoms with Crippen molar-refractivity contribution in [3.8, 4) is 0 Å². The Morgan fingerprint density at radius 2 is 1.82 bits per heavy atom. The second-order valence-corrected chi connectivity index (χ2v) is 4.65. The van der Waals surface area contributed by atoms with Crippen LogP contribution in [-0.4, -0.2) is 5.97 Å². The number of allylic oxidation sites excluding steroid dienone is 1. The van der Waals surface area contributed by atoms with E-state index >= 15 is 0 Å². The predicted octanol–water partition coefficient (Wildman–Crippen LogP) is 3.82. The van der Waals surface area contributed by atoms with Crippen molar-refractivity contribution in [2.24, 2.45) is 0 Å². The summed E-state index contributed by atoms with van der Waals surface area (Å²) in [6, 6.07) is 8.55. The molecule has 0 aromatic heterocycles. The number of benzene rings is 1. The minimum Gasteiger partial charge on any atom is -0.435 e. The van der Waals surface area contributed by atoms with Gasteiger partial charge in [0.1, 0.15) is 0 Å². The van der Waals surface area contributed by atoms with Gasteiger partial charge in [0.05, 0.1) is 6.26 Å². The van der Waals surface area contributed by atoms with Crippen LogP contribution in [0.5, 0.6) is 0 Å². The molecule has 0 radical (unpaired) electrons. The lowest BCUT2D eigenvalue weighted by Crippen LogP contribution is -1.94. The topological polar surface area (TPSA) is 26.3 Å². The minimum atomic E-state index is -0.278. The van der Waals surface area contributed by atoms with Gasteiger partial charge in [0, 0.05) is 6.92 Å². The molecular formula is C15H20O2. The molecule has 0 N–H and O–H groups in total. The number of hydrogen-bond donors (Lipinski definition) is 0. The van der Waals surface area contributed by atoms with Gasteiger partial charge in [-0.05, 0) is 36.0 Å². The van der Waals surface area contributed by atoms with Gasteiger partial charge in [-0.1, -0.05) is 38.1 Å². The quantitative estimate of drug-likeness (QED) is 0.582. The van der Waals surface area contributed by atoms with Crippen LogP contribution in [0.3, 0.4) is 0 Å². The molecule has 17 heavy (non-hydrogen) atoms. The second-order valence-electron chi connectivity index (χ2n) is 4.65. The third-order valence-electron chi connectivity index (χ3n) is 2.56. The molecule has 2 nitrogen and oxygen atoms in total. The average Bonchev–Trinajstić information content (AvgIpc) is 2.27. The van der Waals surface area contributed by atoms with Crippen LogP contribution in [-0.2, 0) is 16.0 Å². The summed E-state index contributed by atoms with van der Waals surface area (Å²) in [6.45, 7) is 7.72.